The molecule has 4 aliphatic rings. The van der Waals surface area contributed by atoms with E-state index in [1.54, 1.807) is 0 Å². The van der Waals surface area contributed by atoms with Gasteiger partial charge in [-0.3, -0.25) is 0 Å². The van der Waals surface area contributed by atoms with Crippen molar-refractivity contribution in [3.63, 3.8) is 0 Å². The van der Waals surface area contributed by atoms with Crippen LogP contribution in [0.25, 0.3) is 0 Å². The van der Waals surface area contributed by atoms with Gasteiger partial charge < -0.3 is 4.74 Å². The van der Waals surface area contributed by atoms with E-state index in [9.17, 15) is 0 Å². The molecule has 1 nitrogen and oxygen atoms in total. The summed E-state index contributed by atoms with van der Waals surface area (Å²) in [5.74, 6) is 10.0. The van der Waals surface area contributed by atoms with Crippen molar-refractivity contribution >= 4 is 0 Å². The predicted octanol–water partition coefficient (Wildman–Crippen LogP) is 14.2. The lowest BCUT2D eigenvalue weighted by Crippen LogP contribution is -2.32. The van der Waals surface area contributed by atoms with Gasteiger partial charge in [0, 0.05) is 13.2 Å². The molecule has 4 aliphatic carbocycles. The molecular formula is C44H82O. The first-order valence-electron chi connectivity index (χ1n) is 21.7. The van der Waals surface area contributed by atoms with E-state index >= 15 is 0 Å². The molecule has 264 valence electrons. The molecule has 0 N–H and O–H groups in total. The van der Waals surface area contributed by atoms with Crippen LogP contribution in [0, 0.1) is 59.2 Å². The normalized spacial score (nSPS) is 34.4. The average molecular weight is 627 g/mol. The second kappa shape index (κ2) is 21.8. The first-order valence-corrected chi connectivity index (χ1v) is 21.7. The average Bonchev–Trinajstić information content (AvgIpc) is 3.08. The largest absolute Gasteiger partial charge is 0.381 e. The van der Waals surface area contributed by atoms with Gasteiger partial charge in [0.2, 0.25) is 0 Å². The number of rotatable bonds is 20. The highest BCUT2D eigenvalue weighted by Gasteiger charge is 2.36. The van der Waals surface area contributed by atoms with Gasteiger partial charge in [0.25, 0.3) is 0 Å². The van der Waals surface area contributed by atoms with Crippen molar-refractivity contribution in [3.8, 4) is 0 Å². The fraction of sp³-hybridized carbons (Fsp3) is 1.00. The fourth-order valence-corrected chi connectivity index (χ4v) is 11.7. The zero-order chi connectivity index (χ0) is 31.7. The minimum absolute atomic E-state index is 0.947. The molecule has 0 aromatic heterocycles. The molecule has 2 unspecified atom stereocenters. The summed E-state index contributed by atoms with van der Waals surface area (Å²) in [6, 6.07) is 0. The van der Waals surface area contributed by atoms with Crippen molar-refractivity contribution in [2.45, 2.75) is 207 Å². The fourth-order valence-electron chi connectivity index (χ4n) is 11.7. The SMILES string of the molecule is CCCC[C@H]1CC[C@H](C(CCOCCC([C@H]2CC[C@H](CCC)CC2)[C@H]2CC[C@H](CCCC)CC2)[C@H]2CC[C@H](CCC)CC2)CC1. The van der Waals surface area contributed by atoms with Crippen molar-refractivity contribution in [3.05, 3.63) is 0 Å². The van der Waals surface area contributed by atoms with Crippen LogP contribution in [0.2, 0.25) is 0 Å². The summed E-state index contributed by atoms with van der Waals surface area (Å²) in [5, 5.41) is 0. The van der Waals surface area contributed by atoms with Gasteiger partial charge in [-0.25, -0.2) is 0 Å². The lowest BCUT2D eigenvalue weighted by Gasteiger charge is -2.41. The summed E-state index contributed by atoms with van der Waals surface area (Å²) in [7, 11) is 0. The van der Waals surface area contributed by atoms with E-state index in [-0.39, 0.29) is 0 Å². The van der Waals surface area contributed by atoms with Crippen molar-refractivity contribution < 1.29 is 4.74 Å². The highest BCUT2D eigenvalue weighted by atomic mass is 16.5. The summed E-state index contributed by atoms with van der Waals surface area (Å²) < 4.78 is 6.73. The smallest absolute Gasteiger partial charge is 0.0468 e. The van der Waals surface area contributed by atoms with E-state index < -0.39 is 0 Å². The summed E-state index contributed by atoms with van der Waals surface area (Å²) in [4.78, 5) is 0. The lowest BCUT2D eigenvalue weighted by molar-refractivity contribution is 0.0368. The number of unbranched alkanes of at least 4 members (excludes halogenated alkanes) is 2. The molecular weight excluding hydrogens is 544 g/mol. The molecule has 0 bridgehead atoms. The van der Waals surface area contributed by atoms with Gasteiger partial charge in [-0.2, -0.15) is 0 Å². The third-order valence-electron chi connectivity index (χ3n) is 14.5. The Bertz CT molecular complexity index is 638. The topological polar surface area (TPSA) is 9.23 Å². The van der Waals surface area contributed by atoms with E-state index in [2.05, 4.69) is 27.7 Å². The minimum Gasteiger partial charge on any atom is -0.381 e. The summed E-state index contributed by atoms with van der Waals surface area (Å²) in [6.07, 6.45) is 41.5. The van der Waals surface area contributed by atoms with Gasteiger partial charge >= 0.3 is 0 Å². The van der Waals surface area contributed by atoms with Crippen LogP contribution in [0.3, 0.4) is 0 Å². The Morgan fingerprint density at radius 1 is 0.378 bits per heavy atom. The van der Waals surface area contributed by atoms with Crippen LogP contribution >= 0.6 is 0 Å². The van der Waals surface area contributed by atoms with Crippen molar-refractivity contribution in [2.75, 3.05) is 13.2 Å². The highest BCUT2D eigenvalue weighted by molar-refractivity contribution is 4.87. The Hall–Kier alpha value is -0.0400. The van der Waals surface area contributed by atoms with Gasteiger partial charge in [-0.15, -0.1) is 0 Å². The molecule has 0 spiro atoms. The van der Waals surface area contributed by atoms with E-state index in [1.807, 2.05) is 0 Å². The third-order valence-corrected chi connectivity index (χ3v) is 14.5. The van der Waals surface area contributed by atoms with Crippen LogP contribution in [0.15, 0.2) is 0 Å². The molecule has 1 heteroatoms. The Kier molecular flexibility index (Phi) is 18.3. The van der Waals surface area contributed by atoms with E-state index in [1.165, 1.54) is 180 Å². The first-order chi connectivity index (χ1) is 22.1. The second-order valence-electron chi connectivity index (χ2n) is 17.5. The molecule has 0 aromatic carbocycles. The van der Waals surface area contributed by atoms with Gasteiger partial charge in [0.1, 0.15) is 0 Å². The predicted molar refractivity (Wildman–Crippen MR) is 198 cm³/mol. The highest BCUT2D eigenvalue weighted by Crippen LogP contribution is 2.47. The molecule has 0 heterocycles. The monoisotopic (exact) mass is 627 g/mol. The van der Waals surface area contributed by atoms with Crippen LogP contribution in [-0.2, 0) is 4.74 Å². The van der Waals surface area contributed by atoms with E-state index in [4.69, 9.17) is 4.74 Å². The van der Waals surface area contributed by atoms with Crippen LogP contribution in [-0.4, -0.2) is 13.2 Å². The van der Waals surface area contributed by atoms with Gasteiger partial charge in [0.05, 0.1) is 0 Å². The molecule has 4 fully saturated rings. The van der Waals surface area contributed by atoms with Crippen LogP contribution in [0.4, 0.5) is 0 Å². The molecule has 45 heavy (non-hydrogen) atoms. The Balaban J connectivity index is 1.27. The Morgan fingerprint density at radius 2 is 0.667 bits per heavy atom. The molecule has 0 aliphatic heterocycles. The van der Waals surface area contributed by atoms with Crippen molar-refractivity contribution in [1.82, 2.24) is 0 Å². The zero-order valence-corrected chi connectivity index (χ0v) is 31.4. The maximum atomic E-state index is 6.73. The first kappa shape index (κ1) is 37.8. The number of hydrogen-bond donors (Lipinski definition) is 0. The summed E-state index contributed by atoms with van der Waals surface area (Å²) >= 11 is 0. The van der Waals surface area contributed by atoms with Crippen molar-refractivity contribution in [1.29, 1.82) is 0 Å². The van der Waals surface area contributed by atoms with Gasteiger partial charge in [0.15, 0.2) is 0 Å². The molecule has 0 saturated heterocycles. The maximum absolute atomic E-state index is 6.73. The summed E-state index contributed by atoms with van der Waals surface area (Å²) in [5.41, 5.74) is 0. The molecule has 0 aromatic rings. The molecule has 0 radical (unpaired) electrons. The number of hydrogen-bond acceptors (Lipinski definition) is 1. The molecule has 4 saturated carbocycles. The van der Waals surface area contributed by atoms with E-state index in [0.717, 1.165) is 72.4 Å². The van der Waals surface area contributed by atoms with Crippen LogP contribution < -0.4 is 0 Å². The third kappa shape index (κ3) is 12.7. The van der Waals surface area contributed by atoms with E-state index in [0.29, 0.717) is 0 Å². The molecule has 2 atom stereocenters. The van der Waals surface area contributed by atoms with Crippen LogP contribution in [0.5, 0.6) is 0 Å². The van der Waals surface area contributed by atoms with Gasteiger partial charge in [-0.1, -0.05) is 143 Å². The standard InChI is InChI=1S/C44H82O/c1-5-9-13-37-19-27-41(28-20-37)43(39-23-15-35(11-7-3)16-24-39)31-33-45-34-32-44(40-25-17-36(12-8-4)18-26-40)42-29-21-38(22-30-42)14-10-6-2/h35-44H,5-34H2,1-4H3/t35-,36-,37-,38-,39-,40-,41-,42-,43?,44?. The summed E-state index contributed by atoms with van der Waals surface area (Å²) in [6.45, 7) is 11.6. The zero-order valence-electron chi connectivity index (χ0n) is 31.4. The minimum atomic E-state index is 0.947. The Labute approximate surface area is 284 Å². The second-order valence-corrected chi connectivity index (χ2v) is 17.5. The lowest BCUT2D eigenvalue weighted by atomic mass is 9.65. The van der Waals surface area contributed by atoms with Gasteiger partial charge in [-0.05, 0) is 123 Å². The van der Waals surface area contributed by atoms with Crippen LogP contribution in [0.1, 0.15) is 207 Å². The number of ether oxygens (including phenoxy) is 1. The molecule has 0 amide bonds. The Morgan fingerprint density at radius 3 is 0.933 bits per heavy atom. The van der Waals surface area contributed by atoms with Crippen molar-refractivity contribution in [2.24, 2.45) is 59.2 Å². The quantitative estimate of drug-likeness (QED) is 0.122. The maximum Gasteiger partial charge on any atom is 0.0468 e. The molecule has 4 rings (SSSR count).